The van der Waals surface area contributed by atoms with Gasteiger partial charge in [-0.25, -0.2) is 0 Å². The van der Waals surface area contributed by atoms with Crippen molar-refractivity contribution in [2.24, 2.45) is 16.8 Å². The van der Waals surface area contributed by atoms with Crippen LogP contribution >= 0.6 is 11.6 Å². The Morgan fingerprint density at radius 2 is 2.16 bits per heavy atom. The highest BCUT2D eigenvalue weighted by Gasteiger charge is 2.24. The van der Waals surface area contributed by atoms with E-state index in [9.17, 15) is 0 Å². The van der Waals surface area contributed by atoms with Crippen LogP contribution in [0.1, 0.15) is 38.2 Å². The quantitative estimate of drug-likeness (QED) is 0.386. The van der Waals surface area contributed by atoms with E-state index in [1.807, 2.05) is 0 Å². The lowest BCUT2D eigenvalue weighted by molar-refractivity contribution is 0.102. The van der Waals surface area contributed by atoms with E-state index in [-0.39, 0.29) is 11.9 Å². The standard InChI is InChI=1S/C14H19ClN2O2/c1-9-4-2-3-5-12(9)19-13-8-10(15)6-7-11(13)14(16)17-18/h6-9,12,18H,2-5H2,1H3,(H2,16,17). The van der Waals surface area contributed by atoms with Crippen LogP contribution in [0.5, 0.6) is 5.75 Å². The zero-order valence-corrected chi connectivity index (χ0v) is 11.7. The predicted molar refractivity (Wildman–Crippen MR) is 76.0 cm³/mol. The van der Waals surface area contributed by atoms with Gasteiger partial charge in [0, 0.05) is 5.02 Å². The molecule has 0 saturated heterocycles. The van der Waals surface area contributed by atoms with E-state index in [4.69, 9.17) is 27.3 Å². The minimum atomic E-state index is 0.0372. The van der Waals surface area contributed by atoms with Crippen LogP contribution in [0.3, 0.4) is 0 Å². The molecule has 1 fully saturated rings. The van der Waals surface area contributed by atoms with Crippen LogP contribution in [0, 0.1) is 5.92 Å². The summed E-state index contributed by atoms with van der Waals surface area (Å²) < 4.78 is 6.05. The number of rotatable bonds is 3. The monoisotopic (exact) mass is 282 g/mol. The fourth-order valence-electron chi connectivity index (χ4n) is 2.48. The minimum absolute atomic E-state index is 0.0372. The first-order valence-electron chi connectivity index (χ1n) is 6.56. The molecule has 0 bridgehead atoms. The van der Waals surface area contributed by atoms with Gasteiger partial charge in [0.25, 0.3) is 0 Å². The number of amidine groups is 1. The molecule has 4 nitrogen and oxygen atoms in total. The van der Waals surface area contributed by atoms with E-state index in [0.29, 0.717) is 22.3 Å². The Kier molecular flexibility index (Phi) is 4.53. The Morgan fingerprint density at radius 3 is 2.84 bits per heavy atom. The number of nitrogens with two attached hydrogens (primary N) is 1. The summed E-state index contributed by atoms with van der Waals surface area (Å²) in [6, 6.07) is 5.13. The first kappa shape index (κ1) is 14.0. The van der Waals surface area contributed by atoms with Gasteiger partial charge in [0.05, 0.1) is 5.56 Å². The second-order valence-corrected chi connectivity index (χ2v) is 5.48. The number of ether oxygens (including phenoxy) is 1. The van der Waals surface area contributed by atoms with Crippen LogP contribution in [0.2, 0.25) is 5.02 Å². The Morgan fingerprint density at radius 1 is 1.42 bits per heavy atom. The molecule has 0 amide bonds. The maximum Gasteiger partial charge on any atom is 0.173 e. The molecule has 1 aliphatic carbocycles. The highest BCUT2D eigenvalue weighted by atomic mass is 35.5. The molecule has 1 aromatic rings. The highest BCUT2D eigenvalue weighted by Crippen LogP contribution is 2.31. The average molecular weight is 283 g/mol. The summed E-state index contributed by atoms with van der Waals surface area (Å²) in [7, 11) is 0. The first-order valence-corrected chi connectivity index (χ1v) is 6.93. The molecule has 0 aliphatic heterocycles. The fourth-order valence-corrected chi connectivity index (χ4v) is 2.64. The second-order valence-electron chi connectivity index (χ2n) is 5.04. The Bertz CT molecular complexity index is 477. The van der Waals surface area contributed by atoms with Gasteiger partial charge >= 0.3 is 0 Å². The van der Waals surface area contributed by atoms with Crippen molar-refractivity contribution in [3.05, 3.63) is 28.8 Å². The van der Waals surface area contributed by atoms with Crippen molar-refractivity contribution < 1.29 is 9.94 Å². The van der Waals surface area contributed by atoms with Gasteiger partial charge in [0.1, 0.15) is 11.9 Å². The number of halogens is 1. The summed E-state index contributed by atoms with van der Waals surface area (Å²) in [5.74, 6) is 1.13. The summed E-state index contributed by atoms with van der Waals surface area (Å²) in [6.07, 6.45) is 4.79. The lowest BCUT2D eigenvalue weighted by atomic mass is 9.88. The molecule has 0 spiro atoms. The van der Waals surface area contributed by atoms with Crippen LogP contribution < -0.4 is 10.5 Å². The molecule has 2 rings (SSSR count). The molecule has 0 heterocycles. The molecule has 2 atom stereocenters. The third-order valence-corrected chi connectivity index (χ3v) is 3.87. The summed E-state index contributed by atoms with van der Waals surface area (Å²) >= 11 is 6.00. The maximum absolute atomic E-state index is 8.81. The van der Waals surface area contributed by atoms with Gasteiger partial charge in [-0.2, -0.15) is 0 Å². The highest BCUT2D eigenvalue weighted by molar-refractivity contribution is 6.30. The molecule has 5 heteroatoms. The zero-order valence-electron chi connectivity index (χ0n) is 11.0. The zero-order chi connectivity index (χ0) is 13.8. The van der Waals surface area contributed by atoms with Crippen LogP contribution in [0.4, 0.5) is 0 Å². The van der Waals surface area contributed by atoms with Crippen molar-refractivity contribution in [2.75, 3.05) is 0 Å². The van der Waals surface area contributed by atoms with Gasteiger partial charge in [-0.3, -0.25) is 0 Å². The van der Waals surface area contributed by atoms with E-state index in [0.717, 1.165) is 6.42 Å². The van der Waals surface area contributed by atoms with Crippen LogP contribution in [-0.4, -0.2) is 17.1 Å². The predicted octanol–water partition coefficient (Wildman–Crippen LogP) is 3.39. The smallest absolute Gasteiger partial charge is 0.173 e. The molecule has 1 aromatic carbocycles. The topological polar surface area (TPSA) is 67.8 Å². The molecule has 2 unspecified atom stereocenters. The minimum Gasteiger partial charge on any atom is -0.489 e. The van der Waals surface area contributed by atoms with Gasteiger partial charge in [0.2, 0.25) is 0 Å². The van der Waals surface area contributed by atoms with Crippen molar-refractivity contribution in [2.45, 2.75) is 38.7 Å². The second kappa shape index (κ2) is 6.15. The van der Waals surface area contributed by atoms with Gasteiger partial charge in [-0.05, 0) is 43.4 Å². The summed E-state index contributed by atoms with van der Waals surface area (Å²) in [6.45, 7) is 2.19. The lowest BCUT2D eigenvalue weighted by Crippen LogP contribution is -2.29. The van der Waals surface area contributed by atoms with Crippen molar-refractivity contribution in [1.29, 1.82) is 0 Å². The third-order valence-electron chi connectivity index (χ3n) is 3.64. The third kappa shape index (κ3) is 3.32. The van der Waals surface area contributed by atoms with Crippen molar-refractivity contribution in [3.8, 4) is 5.75 Å². The molecule has 3 N–H and O–H groups in total. The van der Waals surface area contributed by atoms with Crippen molar-refractivity contribution in [3.63, 3.8) is 0 Å². The van der Waals surface area contributed by atoms with Crippen molar-refractivity contribution >= 4 is 17.4 Å². The van der Waals surface area contributed by atoms with Gasteiger partial charge in [-0.15, -0.1) is 0 Å². The van der Waals surface area contributed by atoms with Gasteiger partial charge < -0.3 is 15.7 Å². The number of hydrogen-bond acceptors (Lipinski definition) is 3. The molecule has 1 saturated carbocycles. The Hall–Kier alpha value is -1.42. The van der Waals surface area contributed by atoms with Crippen molar-refractivity contribution in [1.82, 2.24) is 0 Å². The summed E-state index contributed by atoms with van der Waals surface area (Å²) in [5.41, 5.74) is 6.24. The molecule has 0 radical (unpaired) electrons. The van der Waals surface area contributed by atoms with E-state index in [2.05, 4.69) is 12.1 Å². The van der Waals surface area contributed by atoms with E-state index < -0.39 is 0 Å². The first-order chi connectivity index (χ1) is 9.11. The molecular formula is C14H19ClN2O2. The molecule has 1 aliphatic rings. The molecule has 19 heavy (non-hydrogen) atoms. The normalized spacial score (nSPS) is 24.2. The number of benzene rings is 1. The Labute approximate surface area is 118 Å². The van der Waals surface area contributed by atoms with Crippen LogP contribution in [-0.2, 0) is 0 Å². The van der Waals surface area contributed by atoms with Gasteiger partial charge in [-0.1, -0.05) is 30.1 Å². The SMILES string of the molecule is CC1CCCCC1Oc1cc(Cl)ccc1/C(N)=N/O. The maximum atomic E-state index is 8.81. The molecule has 0 aromatic heterocycles. The lowest BCUT2D eigenvalue weighted by Gasteiger charge is -2.30. The average Bonchev–Trinajstić information content (AvgIpc) is 2.41. The van der Waals surface area contributed by atoms with Crippen LogP contribution in [0.25, 0.3) is 0 Å². The largest absolute Gasteiger partial charge is 0.489 e. The Balaban J connectivity index is 2.25. The van der Waals surface area contributed by atoms with Gasteiger partial charge in [0.15, 0.2) is 5.84 Å². The van der Waals surface area contributed by atoms with E-state index in [1.54, 1.807) is 18.2 Å². The summed E-state index contributed by atoms with van der Waals surface area (Å²) in [5, 5.41) is 12.4. The summed E-state index contributed by atoms with van der Waals surface area (Å²) in [4.78, 5) is 0. The van der Waals surface area contributed by atoms with E-state index in [1.165, 1.54) is 19.3 Å². The number of oxime groups is 1. The number of hydrogen-bond donors (Lipinski definition) is 2. The van der Waals surface area contributed by atoms with Crippen LogP contribution in [0.15, 0.2) is 23.4 Å². The fraction of sp³-hybridized carbons (Fsp3) is 0.500. The van der Waals surface area contributed by atoms with E-state index >= 15 is 0 Å². The molecule has 104 valence electrons. The number of nitrogens with zero attached hydrogens (tertiary/aromatic N) is 1. The molecular weight excluding hydrogens is 264 g/mol.